The zero-order chi connectivity index (χ0) is 34.9. The number of nitrogens with zero attached hydrogens (tertiary/aromatic N) is 6. The first-order chi connectivity index (χ1) is 24.9. The van der Waals surface area contributed by atoms with Crippen LogP contribution in [0.15, 0.2) is 60.9 Å². The molecule has 6 heterocycles. The smallest absolute Gasteiger partial charge is 0.237 e. The van der Waals surface area contributed by atoms with Crippen LogP contribution in [0.25, 0.3) is 0 Å². The average Bonchev–Trinajstić information content (AvgIpc) is 3.16. The normalized spacial score (nSPS) is 18.6. The molecule has 1 unspecified atom stereocenters. The molecule has 4 aliphatic heterocycles. The number of hydrogen-bond donors (Lipinski definition) is 3. The first kappa shape index (κ1) is 32.5. The molecule has 13 nitrogen and oxygen atoms in total. The lowest BCUT2D eigenvalue weighted by Crippen LogP contribution is -2.49. The van der Waals surface area contributed by atoms with E-state index in [4.69, 9.17) is 9.72 Å². The fourth-order valence-corrected chi connectivity index (χ4v) is 7.36. The lowest BCUT2D eigenvalue weighted by atomic mass is 9.90. The van der Waals surface area contributed by atoms with Crippen molar-refractivity contribution in [2.75, 3.05) is 66.3 Å². The summed E-state index contributed by atoms with van der Waals surface area (Å²) in [4.78, 5) is 57.5. The summed E-state index contributed by atoms with van der Waals surface area (Å²) in [5, 5.41) is 9.20. The van der Waals surface area contributed by atoms with Crippen molar-refractivity contribution >= 4 is 46.4 Å². The van der Waals surface area contributed by atoms with Crippen molar-refractivity contribution in [3.05, 3.63) is 88.9 Å². The van der Waals surface area contributed by atoms with E-state index < -0.39 is 0 Å². The number of nitrogens with one attached hydrogen (secondary N) is 3. The molecule has 8 rings (SSSR count). The molecular formula is C38H41N9O4. The van der Waals surface area contributed by atoms with Gasteiger partial charge in [0.15, 0.2) is 0 Å². The van der Waals surface area contributed by atoms with Gasteiger partial charge in [0.1, 0.15) is 12.3 Å². The number of fused-ring (bicyclic) bond motifs is 2. The zero-order valence-corrected chi connectivity index (χ0v) is 28.7. The third kappa shape index (κ3) is 6.88. The minimum Gasteiger partial charge on any atom is -0.474 e. The summed E-state index contributed by atoms with van der Waals surface area (Å²) in [6.07, 6.45) is 5.91. The van der Waals surface area contributed by atoms with Crippen LogP contribution in [-0.4, -0.2) is 83.4 Å². The number of piperazine rings is 1. The number of anilines is 5. The summed E-state index contributed by atoms with van der Waals surface area (Å²) in [7, 11) is 0. The number of amides is 3. The molecule has 51 heavy (non-hydrogen) atoms. The van der Waals surface area contributed by atoms with Crippen LogP contribution in [0.1, 0.15) is 46.7 Å². The Morgan fingerprint density at radius 1 is 0.941 bits per heavy atom. The Morgan fingerprint density at radius 3 is 2.53 bits per heavy atom. The van der Waals surface area contributed by atoms with Gasteiger partial charge >= 0.3 is 0 Å². The van der Waals surface area contributed by atoms with Gasteiger partial charge in [-0.05, 0) is 60.7 Å². The SMILES string of the molecule is Cc1c(N2CCc3cnc(Nc4ccc(CC(=O)N5CCN(c6ccc(C7CCC(=O)NC7=O)cc6)CC5)cc4)nc3C2)cnc2c1NCCO2. The minimum atomic E-state index is -0.289. The van der Waals surface area contributed by atoms with Crippen LogP contribution in [0.3, 0.4) is 0 Å². The van der Waals surface area contributed by atoms with E-state index in [0.717, 1.165) is 83.3 Å². The van der Waals surface area contributed by atoms with E-state index in [1.165, 1.54) is 0 Å². The highest BCUT2D eigenvalue weighted by Gasteiger charge is 2.29. The van der Waals surface area contributed by atoms with Gasteiger partial charge in [-0.1, -0.05) is 24.3 Å². The van der Waals surface area contributed by atoms with Crippen molar-refractivity contribution < 1.29 is 19.1 Å². The number of imide groups is 1. The molecule has 262 valence electrons. The van der Waals surface area contributed by atoms with Gasteiger partial charge in [0.2, 0.25) is 29.5 Å². The largest absolute Gasteiger partial charge is 0.474 e. The number of aromatic nitrogens is 3. The Hall–Kier alpha value is -5.72. The lowest BCUT2D eigenvalue weighted by molar-refractivity contribution is -0.134. The topological polar surface area (TPSA) is 145 Å². The van der Waals surface area contributed by atoms with Crippen molar-refractivity contribution in [1.29, 1.82) is 0 Å². The molecule has 1 atom stereocenters. The second-order valence-corrected chi connectivity index (χ2v) is 13.5. The summed E-state index contributed by atoms with van der Waals surface area (Å²) >= 11 is 0. The van der Waals surface area contributed by atoms with Crippen LogP contribution in [0.4, 0.5) is 28.7 Å². The third-order valence-corrected chi connectivity index (χ3v) is 10.3. The van der Waals surface area contributed by atoms with Crippen molar-refractivity contribution in [2.45, 2.75) is 45.1 Å². The summed E-state index contributed by atoms with van der Waals surface area (Å²) in [6.45, 7) is 7.80. The molecule has 2 aromatic carbocycles. The van der Waals surface area contributed by atoms with E-state index in [-0.39, 0.29) is 23.6 Å². The van der Waals surface area contributed by atoms with Crippen molar-refractivity contribution in [2.24, 2.45) is 0 Å². The number of ether oxygens (including phenoxy) is 1. The van der Waals surface area contributed by atoms with E-state index in [1.54, 1.807) is 0 Å². The molecule has 2 fully saturated rings. The van der Waals surface area contributed by atoms with E-state index in [0.29, 0.717) is 57.3 Å². The fraction of sp³-hybridized carbons (Fsp3) is 0.368. The van der Waals surface area contributed by atoms with Crippen molar-refractivity contribution in [3.8, 4) is 5.88 Å². The molecule has 3 amide bonds. The number of carbonyl (C=O) groups is 3. The molecule has 4 aromatic rings. The quantitative estimate of drug-likeness (QED) is 0.245. The molecule has 4 aliphatic rings. The Morgan fingerprint density at radius 2 is 1.75 bits per heavy atom. The maximum absolute atomic E-state index is 13.2. The van der Waals surface area contributed by atoms with Gasteiger partial charge in [-0.3, -0.25) is 19.7 Å². The number of piperidine rings is 1. The first-order valence-corrected chi connectivity index (χ1v) is 17.7. The van der Waals surface area contributed by atoms with Crippen LogP contribution >= 0.6 is 0 Å². The predicted molar refractivity (Wildman–Crippen MR) is 194 cm³/mol. The van der Waals surface area contributed by atoms with E-state index >= 15 is 0 Å². The number of hydrogen-bond acceptors (Lipinski definition) is 11. The molecule has 0 bridgehead atoms. The maximum Gasteiger partial charge on any atom is 0.237 e. The number of rotatable bonds is 7. The molecule has 2 aromatic heterocycles. The molecular weight excluding hydrogens is 646 g/mol. The zero-order valence-electron chi connectivity index (χ0n) is 28.7. The van der Waals surface area contributed by atoms with Crippen molar-refractivity contribution in [3.63, 3.8) is 0 Å². The summed E-state index contributed by atoms with van der Waals surface area (Å²) < 4.78 is 5.71. The molecule has 3 N–H and O–H groups in total. The highest BCUT2D eigenvalue weighted by molar-refractivity contribution is 6.01. The predicted octanol–water partition coefficient (Wildman–Crippen LogP) is 3.70. The average molecular weight is 688 g/mol. The fourth-order valence-electron chi connectivity index (χ4n) is 7.36. The molecule has 0 aliphatic carbocycles. The first-order valence-electron chi connectivity index (χ1n) is 17.7. The maximum atomic E-state index is 13.2. The lowest BCUT2D eigenvalue weighted by Gasteiger charge is -2.36. The molecule has 0 radical (unpaired) electrons. The van der Waals surface area contributed by atoms with Gasteiger partial charge in [-0.15, -0.1) is 0 Å². The highest BCUT2D eigenvalue weighted by atomic mass is 16.5. The number of carbonyl (C=O) groups excluding carboxylic acids is 3. The van der Waals surface area contributed by atoms with Gasteiger partial charge in [0.25, 0.3) is 0 Å². The summed E-state index contributed by atoms with van der Waals surface area (Å²) in [5.41, 5.74) is 9.12. The minimum absolute atomic E-state index is 0.110. The molecule has 0 spiro atoms. The summed E-state index contributed by atoms with van der Waals surface area (Å²) in [5.74, 6) is 0.594. The van der Waals surface area contributed by atoms with Crippen molar-refractivity contribution in [1.82, 2.24) is 25.2 Å². The van der Waals surface area contributed by atoms with Gasteiger partial charge in [0, 0.05) is 68.8 Å². The Labute approximate surface area is 296 Å². The van der Waals surface area contributed by atoms with Gasteiger partial charge in [-0.2, -0.15) is 0 Å². The van der Waals surface area contributed by atoms with Crippen LogP contribution in [0, 0.1) is 6.92 Å². The third-order valence-electron chi connectivity index (χ3n) is 10.3. The van der Waals surface area contributed by atoms with E-state index in [9.17, 15) is 14.4 Å². The second-order valence-electron chi connectivity index (χ2n) is 13.5. The molecule has 13 heteroatoms. The Bertz CT molecular complexity index is 1960. The highest BCUT2D eigenvalue weighted by Crippen LogP contribution is 2.36. The van der Waals surface area contributed by atoms with Gasteiger partial charge in [-0.25, -0.2) is 15.0 Å². The molecule has 2 saturated heterocycles. The standard InChI is InChI=1S/C38H41N9O4/c1-24-32(22-40-37-35(24)39-13-19-51-37)47-14-12-27-21-41-38(43-31(27)23-47)42-28-6-2-25(3-7-28)20-34(49)46-17-15-45(16-18-46)29-8-4-26(5-9-29)30-10-11-33(48)44-36(30)50/h2-9,21-22,30,39H,10-20,23H2,1H3,(H,41,42,43)(H,44,48,50). The molecule has 0 saturated carbocycles. The van der Waals surface area contributed by atoms with Crippen LogP contribution < -0.4 is 30.5 Å². The Kier molecular flexibility index (Phi) is 8.85. The Balaban J connectivity index is 0.833. The van der Waals surface area contributed by atoms with Gasteiger partial charge < -0.3 is 30.1 Å². The van der Waals surface area contributed by atoms with E-state index in [2.05, 4.69) is 42.6 Å². The van der Waals surface area contributed by atoms with Gasteiger partial charge in [0.05, 0.1) is 36.5 Å². The number of benzene rings is 2. The van der Waals surface area contributed by atoms with E-state index in [1.807, 2.05) is 65.8 Å². The van der Waals surface area contributed by atoms with Crippen LogP contribution in [-0.2, 0) is 33.8 Å². The monoisotopic (exact) mass is 687 g/mol. The summed E-state index contributed by atoms with van der Waals surface area (Å²) in [6, 6.07) is 15.9. The van der Waals surface area contributed by atoms with Crippen LogP contribution in [0.2, 0.25) is 0 Å². The number of pyridine rings is 1. The second kappa shape index (κ2) is 13.9. The van der Waals surface area contributed by atoms with Crippen LogP contribution in [0.5, 0.6) is 5.88 Å².